The van der Waals surface area contributed by atoms with Crippen molar-refractivity contribution in [2.75, 3.05) is 13.2 Å². The molecule has 182 valence electrons. The van der Waals surface area contributed by atoms with E-state index in [4.69, 9.17) is 18.9 Å². The SMILES string of the molecule is C=C1[C@@H](O)C[C@H]2C(CO[C@@H]3O[C@H](CO)[C@@H](O)[C@H](O)[C@H]3O)=CO[C@@H](OC(=O)CC(C)C)[C@]12C. The molecule has 9 atom stereocenters. The van der Waals surface area contributed by atoms with Gasteiger partial charge in [-0.1, -0.05) is 20.4 Å². The molecule has 1 aliphatic carbocycles. The number of carbonyl (C=O) groups excluding carboxylic acids is 1. The number of ether oxygens (including phenoxy) is 4. The average molecular weight is 459 g/mol. The lowest BCUT2D eigenvalue weighted by atomic mass is 9.72. The minimum Gasteiger partial charge on any atom is -0.461 e. The molecule has 0 spiro atoms. The van der Waals surface area contributed by atoms with E-state index in [-0.39, 0.29) is 24.9 Å². The Kier molecular flexibility index (Phi) is 7.66. The van der Waals surface area contributed by atoms with E-state index in [1.165, 1.54) is 6.26 Å². The van der Waals surface area contributed by atoms with E-state index in [2.05, 4.69) is 6.58 Å². The molecule has 3 rings (SSSR count). The fourth-order valence-corrected chi connectivity index (χ4v) is 4.59. The maximum atomic E-state index is 12.3. The van der Waals surface area contributed by atoms with Crippen molar-refractivity contribution in [3.05, 3.63) is 24.0 Å². The molecule has 1 saturated heterocycles. The molecule has 0 amide bonds. The first-order valence-corrected chi connectivity index (χ1v) is 10.8. The Morgan fingerprint density at radius 1 is 1.25 bits per heavy atom. The number of aliphatic hydroxyl groups is 5. The number of hydrogen-bond donors (Lipinski definition) is 5. The molecular weight excluding hydrogens is 424 g/mol. The van der Waals surface area contributed by atoms with Crippen LogP contribution in [0.1, 0.15) is 33.6 Å². The number of carbonyl (C=O) groups is 1. The van der Waals surface area contributed by atoms with Crippen molar-refractivity contribution in [1.29, 1.82) is 0 Å². The molecule has 0 aromatic heterocycles. The van der Waals surface area contributed by atoms with Gasteiger partial charge in [0.05, 0.1) is 31.0 Å². The Morgan fingerprint density at radius 3 is 2.56 bits per heavy atom. The highest BCUT2D eigenvalue weighted by Gasteiger charge is 2.57. The fraction of sp³-hybridized carbons (Fsp3) is 0.773. The molecule has 0 bridgehead atoms. The summed E-state index contributed by atoms with van der Waals surface area (Å²) in [6, 6.07) is 0. The minimum absolute atomic E-state index is 0.0877. The van der Waals surface area contributed by atoms with Crippen LogP contribution in [0, 0.1) is 17.3 Å². The summed E-state index contributed by atoms with van der Waals surface area (Å²) >= 11 is 0. The van der Waals surface area contributed by atoms with Gasteiger partial charge in [0.25, 0.3) is 6.29 Å². The number of fused-ring (bicyclic) bond motifs is 1. The van der Waals surface area contributed by atoms with E-state index in [1.54, 1.807) is 0 Å². The van der Waals surface area contributed by atoms with Gasteiger partial charge in [0.1, 0.15) is 24.4 Å². The lowest BCUT2D eigenvalue weighted by Gasteiger charge is -2.43. The zero-order chi connectivity index (χ0) is 23.8. The largest absolute Gasteiger partial charge is 0.461 e. The topological polar surface area (TPSA) is 155 Å². The van der Waals surface area contributed by atoms with Gasteiger partial charge in [0.2, 0.25) is 0 Å². The molecule has 1 saturated carbocycles. The molecule has 3 aliphatic rings. The van der Waals surface area contributed by atoms with Crippen LogP contribution in [0.3, 0.4) is 0 Å². The lowest BCUT2D eigenvalue weighted by Crippen LogP contribution is -2.59. The predicted octanol–water partition coefficient (Wildman–Crippen LogP) is -0.424. The zero-order valence-corrected chi connectivity index (χ0v) is 18.6. The van der Waals surface area contributed by atoms with Crippen molar-refractivity contribution < 1.29 is 49.3 Å². The molecule has 2 heterocycles. The second kappa shape index (κ2) is 9.76. The summed E-state index contributed by atoms with van der Waals surface area (Å²) in [4.78, 5) is 12.3. The summed E-state index contributed by atoms with van der Waals surface area (Å²) in [6.07, 6.45) is -6.77. The third-order valence-electron chi connectivity index (χ3n) is 6.63. The van der Waals surface area contributed by atoms with Gasteiger partial charge in [-0.15, -0.1) is 0 Å². The first-order valence-electron chi connectivity index (χ1n) is 10.8. The van der Waals surface area contributed by atoms with Crippen LogP contribution in [0.25, 0.3) is 0 Å². The summed E-state index contributed by atoms with van der Waals surface area (Å²) in [5.41, 5.74) is 0.219. The molecule has 2 fully saturated rings. The normalized spacial score (nSPS) is 41.8. The Balaban J connectivity index is 1.74. The van der Waals surface area contributed by atoms with Crippen molar-refractivity contribution in [3.8, 4) is 0 Å². The minimum atomic E-state index is -1.55. The molecule has 32 heavy (non-hydrogen) atoms. The first-order chi connectivity index (χ1) is 15.0. The molecular formula is C22H34O10. The van der Waals surface area contributed by atoms with Crippen molar-refractivity contribution in [3.63, 3.8) is 0 Å². The van der Waals surface area contributed by atoms with Gasteiger partial charge < -0.3 is 44.5 Å². The Bertz CT molecular complexity index is 734. The van der Waals surface area contributed by atoms with Crippen LogP contribution in [-0.2, 0) is 23.7 Å². The number of aliphatic hydroxyl groups excluding tert-OH is 5. The maximum absolute atomic E-state index is 12.3. The lowest BCUT2D eigenvalue weighted by molar-refractivity contribution is -0.299. The van der Waals surface area contributed by atoms with Gasteiger partial charge >= 0.3 is 5.97 Å². The molecule has 0 unspecified atom stereocenters. The standard InChI is InChI=1S/C22H34O10/c1-10(2)5-16(25)32-21-22(4)11(3)14(24)6-13(22)12(9-30-21)8-29-20-19(28)18(27)17(26)15(7-23)31-20/h9-10,13-15,17-21,23-24,26-28H,3,5-8H2,1-2,4H3/t13-,14-,15+,17+,18-,19+,20+,21-,22+/m0/s1. The van der Waals surface area contributed by atoms with Crippen molar-refractivity contribution >= 4 is 5.97 Å². The van der Waals surface area contributed by atoms with E-state index >= 15 is 0 Å². The number of hydrogen-bond acceptors (Lipinski definition) is 10. The highest BCUT2D eigenvalue weighted by atomic mass is 16.7. The molecule has 10 heteroatoms. The monoisotopic (exact) mass is 458 g/mol. The Labute approximate surface area is 187 Å². The van der Waals surface area contributed by atoms with Crippen molar-refractivity contribution in [2.45, 2.75) is 76.7 Å². The maximum Gasteiger partial charge on any atom is 0.309 e. The van der Waals surface area contributed by atoms with Crippen LogP contribution in [0.4, 0.5) is 0 Å². The van der Waals surface area contributed by atoms with Gasteiger partial charge in [0.15, 0.2) is 6.29 Å². The highest BCUT2D eigenvalue weighted by molar-refractivity contribution is 5.69. The summed E-state index contributed by atoms with van der Waals surface area (Å²) in [5, 5.41) is 49.8. The van der Waals surface area contributed by atoms with Gasteiger partial charge in [-0.2, -0.15) is 0 Å². The van der Waals surface area contributed by atoms with Gasteiger partial charge in [0, 0.05) is 12.3 Å². The predicted molar refractivity (Wildman–Crippen MR) is 110 cm³/mol. The third kappa shape index (κ3) is 4.58. The number of rotatable bonds is 7. The van der Waals surface area contributed by atoms with Crippen LogP contribution in [-0.4, -0.2) is 87.8 Å². The van der Waals surface area contributed by atoms with Gasteiger partial charge in [-0.3, -0.25) is 4.79 Å². The highest BCUT2D eigenvalue weighted by Crippen LogP contribution is 2.55. The molecule has 2 aliphatic heterocycles. The summed E-state index contributed by atoms with van der Waals surface area (Å²) < 4.78 is 22.3. The van der Waals surface area contributed by atoms with E-state index in [9.17, 15) is 30.3 Å². The molecule has 10 nitrogen and oxygen atoms in total. The van der Waals surface area contributed by atoms with Crippen molar-refractivity contribution in [1.82, 2.24) is 0 Å². The van der Waals surface area contributed by atoms with Crippen LogP contribution in [0.5, 0.6) is 0 Å². The summed E-state index contributed by atoms with van der Waals surface area (Å²) in [6.45, 7) is 8.97. The smallest absolute Gasteiger partial charge is 0.309 e. The van der Waals surface area contributed by atoms with Crippen LogP contribution < -0.4 is 0 Å². The van der Waals surface area contributed by atoms with Crippen molar-refractivity contribution in [2.24, 2.45) is 17.3 Å². The van der Waals surface area contributed by atoms with E-state index < -0.39 is 61.1 Å². The quantitative estimate of drug-likeness (QED) is 0.251. The third-order valence-corrected chi connectivity index (χ3v) is 6.63. The molecule has 0 aromatic rings. The molecule has 5 N–H and O–H groups in total. The summed E-state index contributed by atoms with van der Waals surface area (Å²) in [7, 11) is 0. The summed E-state index contributed by atoms with van der Waals surface area (Å²) in [5.74, 6) is -0.612. The van der Waals surface area contributed by atoms with E-state index in [1.807, 2.05) is 20.8 Å². The Hall–Kier alpha value is -1.53. The van der Waals surface area contributed by atoms with E-state index in [0.29, 0.717) is 17.6 Å². The second-order valence-electron chi connectivity index (χ2n) is 9.37. The van der Waals surface area contributed by atoms with Crippen LogP contribution >= 0.6 is 0 Å². The average Bonchev–Trinajstić information content (AvgIpc) is 2.97. The molecule has 0 radical (unpaired) electrons. The Morgan fingerprint density at radius 2 is 1.94 bits per heavy atom. The number of esters is 1. The first kappa shape index (κ1) is 25.1. The molecule has 0 aromatic carbocycles. The van der Waals surface area contributed by atoms with Crippen LogP contribution in [0.2, 0.25) is 0 Å². The van der Waals surface area contributed by atoms with Crippen LogP contribution in [0.15, 0.2) is 24.0 Å². The fourth-order valence-electron chi connectivity index (χ4n) is 4.59. The van der Waals surface area contributed by atoms with Gasteiger partial charge in [-0.05, 0) is 30.4 Å². The zero-order valence-electron chi connectivity index (χ0n) is 18.6. The second-order valence-corrected chi connectivity index (χ2v) is 9.37. The van der Waals surface area contributed by atoms with E-state index in [0.717, 1.165) is 0 Å². The van der Waals surface area contributed by atoms with Gasteiger partial charge in [-0.25, -0.2) is 0 Å².